The topological polar surface area (TPSA) is 87.2 Å². The molecule has 1 heterocycles. The second-order valence-corrected chi connectivity index (χ2v) is 6.96. The largest absolute Gasteiger partial charge is 0.369 e. The highest BCUT2D eigenvalue weighted by atomic mass is 32.2. The number of nitrogens with two attached hydrogens (primary N) is 1. The van der Waals surface area contributed by atoms with Crippen LogP contribution in [0.4, 0.5) is 5.69 Å². The van der Waals surface area contributed by atoms with E-state index >= 15 is 0 Å². The Kier molecular flexibility index (Phi) is 4.08. The van der Waals surface area contributed by atoms with E-state index in [1.165, 1.54) is 0 Å². The van der Waals surface area contributed by atoms with Gasteiger partial charge < -0.3 is 10.6 Å². The maximum Gasteiger partial charge on any atom is 0.152 e. The molecule has 0 amide bonds. The second kappa shape index (κ2) is 5.59. The summed E-state index contributed by atoms with van der Waals surface area (Å²) in [4.78, 5) is 1.98. The van der Waals surface area contributed by atoms with Gasteiger partial charge in [0.1, 0.15) is 6.07 Å². The van der Waals surface area contributed by atoms with Crippen molar-refractivity contribution in [1.29, 1.82) is 5.26 Å². The standard InChI is InChI=1S/C13H17N3O2S/c14-9-11-2-3-13(12(8-11)10-15)16-4-1-6-19(17,18)7-5-16/h2-3,8H,1,4-7,9,14H2. The van der Waals surface area contributed by atoms with Crippen molar-refractivity contribution in [2.24, 2.45) is 5.73 Å². The number of nitrogens with zero attached hydrogens (tertiary/aromatic N) is 2. The maximum atomic E-state index is 11.6. The highest BCUT2D eigenvalue weighted by Gasteiger charge is 2.20. The van der Waals surface area contributed by atoms with Crippen molar-refractivity contribution < 1.29 is 8.42 Å². The van der Waals surface area contributed by atoms with E-state index in [0.29, 0.717) is 31.6 Å². The molecule has 6 heteroatoms. The van der Waals surface area contributed by atoms with E-state index in [1.807, 2.05) is 17.0 Å². The lowest BCUT2D eigenvalue weighted by Gasteiger charge is -2.23. The minimum atomic E-state index is -2.94. The van der Waals surface area contributed by atoms with Gasteiger partial charge in [-0.25, -0.2) is 8.42 Å². The highest BCUT2D eigenvalue weighted by Crippen LogP contribution is 2.23. The maximum absolute atomic E-state index is 11.6. The normalized spacial score (nSPS) is 18.6. The van der Waals surface area contributed by atoms with Crippen LogP contribution in [0.5, 0.6) is 0 Å². The van der Waals surface area contributed by atoms with E-state index in [2.05, 4.69) is 6.07 Å². The molecule has 1 saturated heterocycles. The molecule has 1 fully saturated rings. The molecule has 1 aliphatic rings. The zero-order valence-corrected chi connectivity index (χ0v) is 11.5. The molecule has 19 heavy (non-hydrogen) atoms. The Morgan fingerprint density at radius 3 is 2.79 bits per heavy atom. The molecule has 0 spiro atoms. The highest BCUT2D eigenvalue weighted by molar-refractivity contribution is 7.91. The van der Waals surface area contributed by atoms with Gasteiger partial charge in [0, 0.05) is 19.6 Å². The monoisotopic (exact) mass is 279 g/mol. The van der Waals surface area contributed by atoms with Crippen LogP contribution in [0.25, 0.3) is 0 Å². The number of sulfone groups is 1. The average Bonchev–Trinajstić information content (AvgIpc) is 2.59. The smallest absolute Gasteiger partial charge is 0.152 e. The number of anilines is 1. The van der Waals surface area contributed by atoms with Gasteiger partial charge in [-0.15, -0.1) is 0 Å². The molecule has 2 rings (SSSR count). The summed E-state index contributed by atoms with van der Waals surface area (Å²) in [5.74, 6) is 0.378. The van der Waals surface area contributed by atoms with Gasteiger partial charge in [-0.05, 0) is 24.1 Å². The van der Waals surface area contributed by atoms with Crippen molar-refractivity contribution in [3.05, 3.63) is 29.3 Å². The van der Waals surface area contributed by atoms with E-state index in [4.69, 9.17) is 5.73 Å². The Bertz CT molecular complexity index is 605. The Labute approximate surface area is 113 Å². The molecule has 102 valence electrons. The number of hydrogen-bond acceptors (Lipinski definition) is 5. The molecule has 1 aliphatic heterocycles. The van der Waals surface area contributed by atoms with Crippen LogP contribution in [0.1, 0.15) is 17.5 Å². The number of rotatable bonds is 2. The Morgan fingerprint density at radius 2 is 2.11 bits per heavy atom. The Hall–Kier alpha value is -1.58. The van der Waals surface area contributed by atoms with Gasteiger partial charge >= 0.3 is 0 Å². The number of nitriles is 1. The fourth-order valence-corrected chi connectivity index (χ4v) is 3.53. The predicted octanol–water partition coefficient (Wildman–Crippen LogP) is 0.642. The van der Waals surface area contributed by atoms with E-state index in [0.717, 1.165) is 11.3 Å². The van der Waals surface area contributed by atoms with Gasteiger partial charge in [-0.1, -0.05) is 6.07 Å². The lowest BCUT2D eigenvalue weighted by molar-refractivity contribution is 0.597. The quantitative estimate of drug-likeness (QED) is 0.858. The lowest BCUT2D eigenvalue weighted by atomic mass is 10.1. The summed E-state index contributed by atoms with van der Waals surface area (Å²) in [6.45, 7) is 1.50. The molecule has 1 aromatic rings. The summed E-state index contributed by atoms with van der Waals surface area (Å²) >= 11 is 0. The summed E-state index contributed by atoms with van der Waals surface area (Å²) in [5.41, 5.74) is 7.83. The molecular weight excluding hydrogens is 262 g/mol. The zero-order valence-electron chi connectivity index (χ0n) is 10.7. The van der Waals surface area contributed by atoms with Crippen molar-refractivity contribution in [1.82, 2.24) is 0 Å². The van der Waals surface area contributed by atoms with E-state index in [1.54, 1.807) is 6.07 Å². The first-order chi connectivity index (χ1) is 9.05. The van der Waals surface area contributed by atoms with Crippen LogP contribution in [-0.4, -0.2) is 33.0 Å². The molecule has 0 aliphatic carbocycles. The minimum absolute atomic E-state index is 0.149. The molecule has 0 aromatic heterocycles. The average molecular weight is 279 g/mol. The van der Waals surface area contributed by atoms with Gasteiger partial charge in [0.15, 0.2) is 9.84 Å². The Balaban J connectivity index is 2.29. The third kappa shape index (κ3) is 3.25. The molecule has 0 saturated carbocycles. The minimum Gasteiger partial charge on any atom is -0.369 e. The molecular formula is C13H17N3O2S. The molecule has 0 atom stereocenters. The van der Waals surface area contributed by atoms with Gasteiger partial charge in [-0.3, -0.25) is 0 Å². The SMILES string of the molecule is N#Cc1cc(CN)ccc1N1CCCS(=O)(=O)CC1. The molecule has 1 aromatic carbocycles. The van der Waals surface area contributed by atoms with Gasteiger partial charge in [0.05, 0.1) is 22.8 Å². The van der Waals surface area contributed by atoms with E-state index in [-0.39, 0.29) is 11.5 Å². The van der Waals surface area contributed by atoms with Gasteiger partial charge in [-0.2, -0.15) is 5.26 Å². The van der Waals surface area contributed by atoms with Crippen LogP contribution in [0.15, 0.2) is 18.2 Å². The molecule has 5 nitrogen and oxygen atoms in total. The number of hydrogen-bond donors (Lipinski definition) is 1. The molecule has 0 unspecified atom stereocenters. The van der Waals surface area contributed by atoms with Crippen LogP contribution in [-0.2, 0) is 16.4 Å². The summed E-state index contributed by atoms with van der Waals surface area (Å²) < 4.78 is 23.2. The van der Waals surface area contributed by atoms with Crippen LogP contribution >= 0.6 is 0 Å². The lowest BCUT2D eigenvalue weighted by Crippen LogP contribution is -2.27. The Morgan fingerprint density at radius 1 is 1.32 bits per heavy atom. The van der Waals surface area contributed by atoms with Crippen LogP contribution in [0, 0.1) is 11.3 Å². The first-order valence-electron chi connectivity index (χ1n) is 6.24. The van der Waals surface area contributed by atoms with Crippen molar-refractivity contribution in [3.8, 4) is 6.07 Å². The van der Waals surface area contributed by atoms with Gasteiger partial charge in [0.25, 0.3) is 0 Å². The van der Waals surface area contributed by atoms with Crippen molar-refractivity contribution in [2.45, 2.75) is 13.0 Å². The summed E-state index contributed by atoms with van der Waals surface area (Å²) in [5, 5.41) is 9.21. The first kappa shape index (κ1) is 13.8. The first-order valence-corrected chi connectivity index (χ1v) is 8.06. The van der Waals surface area contributed by atoms with Crippen LogP contribution < -0.4 is 10.6 Å². The molecule has 0 bridgehead atoms. The molecule has 2 N–H and O–H groups in total. The van der Waals surface area contributed by atoms with E-state index in [9.17, 15) is 13.7 Å². The second-order valence-electron chi connectivity index (χ2n) is 4.66. The van der Waals surface area contributed by atoms with E-state index < -0.39 is 9.84 Å². The van der Waals surface area contributed by atoms with Crippen molar-refractivity contribution in [2.75, 3.05) is 29.5 Å². The fourth-order valence-electron chi connectivity index (χ4n) is 2.25. The third-order valence-electron chi connectivity index (χ3n) is 3.31. The third-order valence-corrected chi connectivity index (χ3v) is 5.03. The predicted molar refractivity (Wildman–Crippen MR) is 74.5 cm³/mol. The summed E-state index contributed by atoms with van der Waals surface area (Å²) in [6, 6.07) is 7.68. The fraction of sp³-hybridized carbons (Fsp3) is 0.462. The summed E-state index contributed by atoms with van der Waals surface area (Å²) in [7, 11) is -2.94. The van der Waals surface area contributed by atoms with Crippen molar-refractivity contribution >= 4 is 15.5 Å². The zero-order chi connectivity index (χ0) is 13.9. The van der Waals surface area contributed by atoms with Crippen LogP contribution in [0.2, 0.25) is 0 Å². The van der Waals surface area contributed by atoms with Gasteiger partial charge in [0.2, 0.25) is 0 Å². The summed E-state index contributed by atoms with van der Waals surface area (Å²) in [6.07, 6.45) is 0.603. The van der Waals surface area contributed by atoms with Crippen molar-refractivity contribution in [3.63, 3.8) is 0 Å². The molecule has 0 radical (unpaired) electrons. The van der Waals surface area contributed by atoms with Crippen LogP contribution in [0.3, 0.4) is 0 Å². The number of benzene rings is 1.